The predicted molar refractivity (Wildman–Crippen MR) is 122 cm³/mol. The zero-order chi connectivity index (χ0) is 21.0. The monoisotopic (exact) mass is 398 g/mol. The van der Waals surface area contributed by atoms with Gasteiger partial charge in [0.15, 0.2) is 5.60 Å². The number of methoxy groups -OCH3 is 1. The molecule has 152 valence electrons. The molecular formula is C26H26N2O2. The number of terminal acetylenes is 1. The summed E-state index contributed by atoms with van der Waals surface area (Å²) in [5.74, 6) is 3.44. The van der Waals surface area contributed by atoms with Gasteiger partial charge in [-0.2, -0.15) is 0 Å². The second-order valence-corrected chi connectivity index (χ2v) is 7.44. The van der Waals surface area contributed by atoms with E-state index in [4.69, 9.17) is 11.2 Å². The van der Waals surface area contributed by atoms with Crippen LogP contribution in [0.1, 0.15) is 11.1 Å². The number of hydrogen-bond donors (Lipinski definition) is 1. The van der Waals surface area contributed by atoms with Gasteiger partial charge in [0, 0.05) is 48.7 Å². The molecule has 4 rings (SSSR count). The van der Waals surface area contributed by atoms with E-state index in [1.807, 2.05) is 66.7 Å². The van der Waals surface area contributed by atoms with Crippen LogP contribution in [0.3, 0.4) is 0 Å². The average Bonchev–Trinajstić information content (AvgIpc) is 2.84. The summed E-state index contributed by atoms with van der Waals surface area (Å²) in [5.41, 5.74) is 2.34. The molecule has 0 amide bonds. The second kappa shape index (κ2) is 8.52. The molecule has 1 saturated heterocycles. The van der Waals surface area contributed by atoms with Crippen molar-refractivity contribution in [1.29, 1.82) is 0 Å². The fourth-order valence-corrected chi connectivity index (χ4v) is 3.94. The standard InChI is InChI=1S/C26H26N2O2/c1-3-26(29,21-7-5-4-6-8-21)22-9-11-23(12-10-22)27-17-19-28(20-18-27)24-13-15-25(30-2)16-14-24/h1,4-16,29H,17-20H2,2H3. The highest BCUT2D eigenvalue weighted by atomic mass is 16.5. The lowest BCUT2D eigenvalue weighted by Crippen LogP contribution is -2.46. The Kier molecular flexibility index (Phi) is 5.65. The Labute approximate surface area is 178 Å². The maximum Gasteiger partial charge on any atom is 0.176 e. The van der Waals surface area contributed by atoms with Gasteiger partial charge in [0.2, 0.25) is 0 Å². The number of anilines is 2. The number of benzene rings is 3. The Balaban J connectivity index is 1.44. The zero-order valence-electron chi connectivity index (χ0n) is 17.2. The van der Waals surface area contributed by atoms with Crippen LogP contribution in [0.25, 0.3) is 0 Å². The predicted octanol–water partition coefficient (Wildman–Crippen LogP) is 3.89. The molecule has 1 aliphatic heterocycles. The fraction of sp³-hybridized carbons (Fsp3) is 0.231. The molecule has 3 aromatic rings. The lowest BCUT2D eigenvalue weighted by atomic mass is 9.87. The highest BCUT2D eigenvalue weighted by molar-refractivity contribution is 5.55. The first-order valence-electron chi connectivity index (χ1n) is 10.1. The van der Waals surface area contributed by atoms with E-state index in [1.165, 1.54) is 5.69 Å². The van der Waals surface area contributed by atoms with Crippen LogP contribution in [0.5, 0.6) is 5.75 Å². The van der Waals surface area contributed by atoms with Crippen LogP contribution in [0, 0.1) is 12.3 Å². The van der Waals surface area contributed by atoms with Crippen LogP contribution in [0.15, 0.2) is 78.9 Å². The van der Waals surface area contributed by atoms with Crippen molar-refractivity contribution >= 4 is 11.4 Å². The van der Waals surface area contributed by atoms with Crippen molar-refractivity contribution in [2.75, 3.05) is 43.1 Å². The first-order valence-corrected chi connectivity index (χ1v) is 10.1. The van der Waals surface area contributed by atoms with Gasteiger partial charge in [-0.15, -0.1) is 6.42 Å². The molecule has 1 aliphatic rings. The third-order valence-corrected chi connectivity index (χ3v) is 5.77. The first kappa shape index (κ1) is 19.9. The van der Waals surface area contributed by atoms with Crippen LogP contribution in [-0.2, 0) is 5.60 Å². The molecule has 30 heavy (non-hydrogen) atoms. The quantitative estimate of drug-likeness (QED) is 0.662. The third kappa shape index (κ3) is 3.85. The molecular weight excluding hydrogens is 372 g/mol. The lowest BCUT2D eigenvalue weighted by molar-refractivity contribution is 0.145. The summed E-state index contributed by atoms with van der Waals surface area (Å²) in [7, 11) is 1.68. The average molecular weight is 399 g/mol. The molecule has 4 nitrogen and oxygen atoms in total. The smallest absolute Gasteiger partial charge is 0.176 e. The zero-order valence-corrected chi connectivity index (χ0v) is 17.2. The number of rotatable bonds is 5. The summed E-state index contributed by atoms with van der Waals surface area (Å²) in [6, 6.07) is 25.5. The minimum Gasteiger partial charge on any atom is -0.497 e. The molecule has 0 saturated carbocycles. The maximum absolute atomic E-state index is 11.1. The SMILES string of the molecule is C#CC(O)(c1ccccc1)c1ccc(N2CCN(c3ccc(OC)cc3)CC2)cc1. The van der Waals surface area contributed by atoms with Crippen molar-refractivity contribution in [3.05, 3.63) is 90.0 Å². The van der Waals surface area contributed by atoms with Crippen molar-refractivity contribution in [2.45, 2.75) is 5.60 Å². The maximum atomic E-state index is 11.1. The number of nitrogens with zero attached hydrogens (tertiary/aromatic N) is 2. The summed E-state index contributed by atoms with van der Waals surface area (Å²) < 4.78 is 5.24. The van der Waals surface area contributed by atoms with Crippen LogP contribution >= 0.6 is 0 Å². The van der Waals surface area contributed by atoms with E-state index in [1.54, 1.807) is 7.11 Å². The van der Waals surface area contributed by atoms with Gasteiger partial charge < -0.3 is 19.6 Å². The molecule has 1 N–H and O–H groups in total. The fourth-order valence-electron chi connectivity index (χ4n) is 3.94. The van der Waals surface area contributed by atoms with Gasteiger partial charge >= 0.3 is 0 Å². The van der Waals surface area contributed by atoms with Crippen molar-refractivity contribution in [3.63, 3.8) is 0 Å². The molecule has 1 unspecified atom stereocenters. The van der Waals surface area contributed by atoms with E-state index in [2.05, 4.69) is 27.9 Å². The van der Waals surface area contributed by atoms with E-state index in [0.717, 1.165) is 37.6 Å². The molecule has 1 atom stereocenters. The molecule has 0 aliphatic carbocycles. The van der Waals surface area contributed by atoms with E-state index in [0.29, 0.717) is 11.1 Å². The van der Waals surface area contributed by atoms with Crippen LogP contribution in [0.2, 0.25) is 0 Å². The van der Waals surface area contributed by atoms with Crippen LogP contribution < -0.4 is 14.5 Å². The lowest BCUT2D eigenvalue weighted by Gasteiger charge is -2.37. The molecule has 0 spiro atoms. The number of hydrogen-bond acceptors (Lipinski definition) is 4. The molecule has 1 fully saturated rings. The summed E-state index contributed by atoms with van der Waals surface area (Å²) >= 11 is 0. The van der Waals surface area contributed by atoms with Crippen molar-refractivity contribution in [2.24, 2.45) is 0 Å². The first-order chi connectivity index (χ1) is 14.6. The van der Waals surface area contributed by atoms with Gasteiger partial charge in [-0.1, -0.05) is 48.4 Å². The Morgan fingerprint density at radius 2 is 1.23 bits per heavy atom. The van der Waals surface area contributed by atoms with Gasteiger partial charge in [-0.05, 0) is 36.4 Å². The topological polar surface area (TPSA) is 35.9 Å². The minimum atomic E-state index is -1.42. The summed E-state index contributed by atoms with van der Waals surface area (Å²) in [6.07, 6.45) is 5.72. The Bertz CT molecular complexity index is 1000. The summed E-state index contributed by atoms with van der Waals surface area (Å²) in [5, 5.41) is 11.1. The molecule has 0 bridgehead atoms. The third-order valence-electron chi connectivity index (χ3n) is 5.77. The van der Waals surface area contributed by atoms with E-state index < -0.39 is 5.60 Å². The van der Waals surface area contributed by atoms with Crippen molar-refractivity contribution in [3.8, 4) is 18.1 Å². The van der Waals surface area contributed by atoms with Gasteiger partial charge in [-0.25, -0.2) is 0 Å². The minimum absolute atomic E-state index is 0.702. The Morgan fingerprint density at radius 3 is 1.70 bits per heavy atom. The van der Waals surface area contributed by atoms with Gasteiger partial charge in [0.1, 0.15) is 5.75 Å². The second-order valence-electron chi connectivity index (χ2n) is 7.44. The van der Waals surface area contributed by atoms with Crippen molar-refractivity contribution < 1.29 is 9.84 Å². The normalized spacial score (nSPS) is 15.9. The van der Waals surface area contributed by atoms with E-state index in [-0.39, 0.29) is 0 Å². The number of aliphatic hydroxyl groups is 1. The molecule has 3 aromatic carbocycles. The van der Waals surface area contributed by atoms with Crippen molar-refractivity contribution in [1.82, 2.24) is 0 Å². The van der Waals surface area contributed by atoms with Crippen LogP contribution in [0.4, 0.5) is 11.4 Å². The summed E-state index contributed by atoms with van der Waals surface area (Å²) in [4.78, 5) is 4.75. The van der Waals surface area contributed by atoms with Gasteiger partial charge in [-0.3, -0.25) is 0 Å². The Morgan fingerprint density at radius 1 is 0.767 bits per heavy atom. The Hall–Kier alpha value is -3.42. The number of piperazine rings is 1. The molecule has 0 aromatic heterocycles. The van der Waals surface area contributed by atoms with Gasteiger partial charge in [0.25, 0.3) is 0 Å². The summed E-state index contributed by atoms with van der Waals surface area (Å²) in [6.45, 7) is 3.77. The molecule has 1 heterocycles. The van der Waals surface area contributed by atoms with Gasteiger partial charge in [0.05, 0.1) is 7.11 Å². The number of ether oxygens (including phenoxy) is 1. The van der Waals surface area contributed by atoms with E-state index >= 15 is 0 Å². The highest BCUT2D eigenvalue weighted by Gasteiger charge is 2.29. The molecule has 4 heteroatoms. The van der Waals surface area contributed by atoms with E-state index in [9.17, 15) is 5.11 Å². The largest absolute Gasteiger partial charge is 0.497 e. The highest BCUT2D eigenvalue weighted by Crippen LogP contribution is 2.31. The molecule has 0 radical (unpaired) electrons. The van der Waals surface area contributed by atoms with Crippen LogP contribution in [-0.4, -0.2) is 38.4 Å².